The van der Waals surface area contributed by atoms with Gasteiger partial charge < -0.3 is 0 Å². The van der Waals surface area contributed by atoms with Gasteiger partial charge in [-0.3, -0.25) is 0 Å². The molecule has 0 aliphatic carbocycles. The molecule has 0 aliphatic rings. The zero-order valence-electron chi connectivity index (χ0n) is 20.3. The summed E-state index contributed by atoms with van der Waals surface area (Å²) in [5.41, 5.74) is 0. The minimum absolute atomic E-state index is 0.0576. The third kappa shape index (κ3) is 9.77. The van der Waals surface area contributed by atoms with Gasteiger partial charge in [0.25, 0.3) is 0 Å². The molecule has 178 valence electrons. The molecule has 0 N–H and O–H groups in total. The van der Waals surface area contributed by atoms with Gasteiger partial charge in [-0.15, -0.1) is 88.6 Å². The third-order valence-electron chi connectivity index (χ3n) is 5.65. The van der Waals surface area contributed by atoms with Gasteiger partial charge in [-0.1, -0.05) is 46.7 Å². The predicted molar refractivity (Wildman–Crippen MR) is 155 cm³/mol. The summed E-state index contributed by atoms with van der Waals surface area (Å²) in [6, 6.07) is 26.8. The molecule has 0 aromatic heterocycles. The van der Waals surface area contributed by atoms with Crippen molar-refractivity contribution in [3.05, 3.63) is 72.8 Å². The Morgan fingerprint density at radius 2 is 1.15 bits per heavy atom. The first-order valence-corrected chi connectivity index (χ1v) is 20.0. The molecule has 0 bridgehead atoms. The van der Waals surface area contributed by atoms with E-state index in [4.69, 9.17) is 18.6 Å². The molecule has 0 unspecified atom stereocenters. The van der Waals surface area contributed by atoms with Crippen LogP contribution in [0.3, 0.4) is 0 Å². The van der Waals surface area contributed by atoms with Crippen molar-refractivity contribution in [2.75, 3.05) is 25.7 Å². The number of hydrogen-bond acceptors (Lipinski definition) is 0. The van der Waals surface area contributed by atoms with Crippen molar-refractivity contribution in [2.45, 2.75) is 39.5 Å². The van der Waals surface area contributed by atoms with Crippen molar-refractivity contribution >= 4 is 66.6 Å². The van der Waals surface area contributed by atoms with Crippen molar-refractivity contribution in [1.29, 1.82) is 0 Å². The van der Waals surface area contributed by atoms with Crippen molar-refractivity contribution in [3.63, 3.8) is 0 Å². The molecule has 4 aromatic carbocycles. The molecule has 5 heteroatoms. The molecule has 0 amide bonds. The predicted octanol–water partition coefficient (Wildman–Crippen LogP) is 9.57. The van der Waals surface area contributed by atoms with Crippen LogP contribution >= 0.6 is 34.5 Å². The van der Waals surface area contributed by atoms with Gasteiger partial charge in [-0.25, -0.2) is 0 Å². The van der Waals surface area contributed by atoms with E-state index in [1.165, 1.54) is 64.9 Å². The average Bonchev–Trinajstić information content (AvgIpc) is 3.44. The maximum absolute atomic E-state index is 4.89. The first kappa shape index (κ1) is 29.0. The second-order valence-electron chi connectivity index (χ2n) is 8.34. The summed E-state index contributed by atoms with van der Waals surface area (Å²) in [5, 5.41) is 8.74. The second-order valence-corrected chi connectivity index (χ2v) is 15.7. The Balaban J connectivity index is 0.000000221. The van der Waals surface area contributed by atoms with Gasteiger partial charge in [0.15, 0.2) is 0 Å². The van der Waals surface area contributed by atoms with Crippen LogP contribution in [0.5, 0.6) is 0 Å². The topological polar surface area (TPSA) is 0 Å². The molecule has 4 rings (SSSR count). The summed E-state index contributed by atoms with van der Waals surface area (Å²) in [5.74, 6) is 0. The number of unbranched alkanes of at least 4 members (excludes halogenated alkanes) is 2. The summed E-state index contributed by atoms with van der Waals surface area (Å²) in [6.07, 6.45) is 8.26. The van der Waals surface area contributed by atoms with E-state index in [1.807, 2.05) is 0 Å². The van der Waals surface area contributed by atoms with Crippen LogP contribution in [0.25, 0.3) is 21.5 Å². The molecule has 0 saturated carbocycles. The molecule has 33 heavy (non-hydrogen) atoms. The number of halogens is 2. The number of hydrogen-bond donors (Lipinski definition) is 0. The fourth-order valence-electron chi connectivity index (χ4n) is 3.78. The summed E-state index contributed by atoms with van der Waals surface area (Å²) in [6.45, 7) is 9.19. The quantitative estimate of drug-likeness (QED) is 0.116. The van der Waals surface area contributed by atoms with Crippen molar-refractivity contribution < 1.29 is 17.0 Å². The van der Waals surface area contributed by atoms with E-state index in [9.17, 15) is 0 Å². The summed E-state index contributed by atoms with van der Waals surface area (Å²) >= 11 is -0.556. The monoisotopic (exact) mass is 552 g/mol. The van der Waals surface area contributed by atoms with Crippen LogP contribution in [0, 0.1) is 0 Å². The molecule has 0 saturated heterocycles. The van der Waals surface area contributed by atoms with Crippen LogP contribution in [0.4, 0.5) is 0 Å². The van der Waals surface area contributed by atoms with Gasteiger partial charge in [-0.05, 0) is 38.5 Å². The Kier molecular flexibility index (Phi) is 14.5. The first-order chi connectivity index (χ1) is 16.0. The van der Waals surface area contributed by atoms with E-state index in [2.05, 4.69) is 100.0 Å². The number of rotatable bonds is 8. The van der Waals surface area contributed by atoms with Crippen LogP contribution in [-0.4, -0.2) is 25.7 Å². The Labute approximate surface area is 220 Å². The third-order valence-corrected chi connectivity index (χ3v) is 9.64. The standard InChI is InChI=1S/C17H24P.C11H12P.2ClH.Ti/c1-3-5-11-18(12-6-4-2)17-13-15-9-7-8-10-16(15)14-17;1-12(2)11-7-9-5-3-4-6-10(9)8-11;;;/h7-10,13-14H,3-6,11-12H2,1-2H3;3-8H,1-2H3;2*1H;/q2*-1;;;+2/p-2. The van der Waals surface area contributed by atoms with Crippen molar-refractivity contribution in [3.8, 4) is 0 Å². The maximum atomic E-state index is 4.89. The van der Waals surface area contributed by atoms with E-state index in [0.717, 1.165) is 0 Å². The summed E-state index contributed by atoms with van der Waals surface area (Å²) < 4.78 is 0. The van der Waals surface area contributed by atoms with Gasteiger partial charge in [0.05, 0.1) is 0 Å². The molecule has 0 spiro atoms. The van der Waals surface area contributed by atoms with Gasteiger partial charge >= 0.3 is 35.6 Å². The Bertz CT molecular complexity index is 980. The van der Waals surface area contributed by atoms with Gasteiger partial charge in [-0.2, -0.15) is 12.1 Å². The van der Waals surface area contributed by atoms with E-state index >= 15 is 0 Å². The van der Waals surface area contributed by atoms with Crippen LogP contribution in [0.2, 0.25) is 0 Å². The van der Waals surface area contributed by atoms with E-state index in [0.29, 0.717) is 0 Å². The fourth-order valence-corrected chi connectivity index (χ4v) is 7.35. The molecular weight excluding hydrogens is 517 g/mol. The Hall–Kier alpha value is -0.186. The van der Waals surface area contributed by atoms with E-state index in [1.54, 1.807) is 5.30 Å². The number of benzene rings is 2. The molecule has 0 atom stereocenters. The van der Waals surface area contributed by atoms with Gasteiger partial charge in [0.2, 0.25) is 0 Å². The Morgan fingerprint density at radius 3 is 1.58 bits per heavy atom. The van der Waals surface area contributed by atoms with Crippen LogP contribution in [0.15, 0.2) is 72.8 Å². The van der Waals surface area contributed by atoms with Gasteiger partial charge in [0.1, 0.15) is 0 Å². The average molecular weight is 553 g/mol. The zero-order valence-corrected chi connectivity index (χ0v) is 25.2. The van der Waals surface area contributed by atoms with Crippen LogP contribution in [-0.2, 0) is 17.0 Å². The van der Waals surface area contributed by atoms with E-state index < -0.39 is 17.0 Å². The van der Waals surface area contributed by atoms with Crippen LogP contribution in [0.1, 0.15) is 39.5 Å². The SMILES string of the molecule is CCCCP(CCCC)c1cc2ccccc2[cH-]1.CP(C)c1cc2ccccc2[cH-]1.[Cl][Ti][Cl]. The van der Waals surface area contributed by atoms with Crippen molar-refractivity contribution in [2.24, 2.45) is 0 Å². The number of fused-ring (bicyclic) bond motifs is 2. The van der Waals surface area contributed by atoms with Crippen molar-refractivity contribution in [1.82, 2.24) is 0 Å². The summed E-state index contributed by atoms with van der Waals surface area (Å²) in [4.78, 5) is 0. The second kappa shape index (κ2) is 16.5. The Morgan fingerprint density at radius 1 is 0.727 bits per heavy atom. The molecule has 4 aromatic rings. The molecule has 0 heterocycles. The van der Waals surface area contributed by atoms with Gasteiger partial charge in [0, 0.05) is 0 Å². The van der Waals surface area contributed by atoms with Crippen LogP contribution < -0.4 is 10.6 Å². The fraction of sp³-hybridized carbons (Fsp3) is 0.357. The molecular formula is C28H36Cl2P2Ti-2. The zero-order chi connectivity index (χ0) is 24.1. The molecule has 0 fully saturated rings. The minimum atomic E-state index is -0.556. The first-order valence-electron chi connectivity index (χ1n) is 11.7. The van der Waals surface area contributed by atoms with E-state index in [-0.39, 0.29) is 15.8 Å². The molecule has 0 aliphatic heterocycles. The summed E-state index contributed by atoms with van der Waals surface area (Å²) in [7, 11) is 9.92. The molecule has 0 nitrogen and oxygen atoms in total. The molecule has 0 radical (unpaired) electrons. The normalized spacial score (nSPS) is 10.8.